The summed E-state index contributed by atoms with van der Waals surface area (Å²) < 4.78 is 0. The number of hydrogen-bond donors (Lipinski definition) is 2. The lowest BCUT2D eigenvalue weighted by molar-refractivity contribution is -0.116. The second-order valence-corrected chi connectivity index (χ2v) is 3.23. The maximum atomic E-state index is 11.0. The number of anilines is 1. The van der Waals surface area contributed by atoms with Gasteiger partial charge in [-0.05, 0) is 30.2 Å². The molecule has 1 aliphatic rings. The summed E-state index contributed by atoms with van der Waals surface area (Å²) in [5.74, 6) is -0.953. The highest BCUT2D eigenvalue weighted by Crippen LogP contribution is 2.23. The smallest absolute Gasteiger partial charge is 0.335 e. The van der Waals surface area contributed by atoms with E-state index < -0.39 is 5.97 Å². The van der Waals surface area contributed by atoms with Crippen LogP contribution in [0.15, 0.2) is 18.2 Å². The van der Waals surface area contributed by atoms with Gasteiger partial charge in [-0.15, -0.1) is 0 Å². The van der Waals surface area contributed by atoms with Gasteiger partial charge in [-0.3, -0.25) is 4.79 Å². The number of carboxylic acid groups (broad SMARTS) is 1. The van der Waals surface area contributed by atoms with E-state index in [-0.39, 0.29) is 11.5 Å². The number of aromatic carboxylic acids is 1. The van der Waals surface area contributed by atoms with Gasteiger partial charge in [0.2, 0.25) is 5.91 Å². The lowest BCUT2D eigenvalue weighted by atomic mass is 10.0. The molecule has 0 aliphatic carbocycles. The van der Waals surface area contributed by atoms with Crippen molar-refractivity contribution in [2.45, 2.75) is 12.8 Å². The highest BCUT2D eigenvalue weighted by atomic mass is 16.4. The Morgan fingerprint density at radius 1 is 1.36 bits per heavy atom. The topological polar surface area (TPSA) is 66.4 Å². The van der Waals surface area contributed by atoms with E-state index in [1.54, 1.807) is 12.1 Å². The standard InChI is InChI=1S/C10H9NO3/c12-9-4-2-6-5-7(10(13)14)1-3-8(6)11-9/h1,3,5H,2,4H2,(H,11,12)(H,13,14). The van der Waals surface area contributed by atoms with E-state index in [1.165, 1.54) is 6.07 Å². The minimum Gasteiger partial charge on any atom is -0.478 e. The average molecular weight is 191 g/mol. The van der Waals surface area contributed by atoms with Crippen LogP contribution >= 0.6 is 0 Å². The van der Waals surface area contributed by atoms with Crippen molar-refractivity contribution in [3.8, 4) is 0 Å². The van der Waals surface area contributed by atoms with E-state index >= 15 is 0 Å². The summed E-state index contributed by atoms with van der Waals surface area (Å²) in [6.45, 7) is 0. The van der Waals surface area contributed by atoms with Crippen LogP contribution < -0.4 is 5.32 Å². The third-order valence-corrected chi connectivity index (χ3v) is 2.25. The second kappa shape index (κ2) is 3.14. The lowest BCUT2D eigenvalue weighted by Crippen LogP contribution is -2.19. The van der Waals surface area contributed by atoms with E-state index in [1.807, 2.05) is 0 Å². The Morgan fingerprint density at radius 2 is 2.14 bits per heavy atom. The number of carbonyl (C=O) groups excluding carboxylic acids is 1. The van der Waals surface area contributed by atoms with Crippen molar-refractivity contribution in [3.05, 3.63) is 29.3 Å². The number of benzene rings is 1. The molecule has 2 N–H and O–H groups in total. The molecule has 1 amide bonds. The van der Waals surface area contributed by atoms with Gasteiger partial charge in [0.15, 0.2) is 0 Å². The zero-order valence-corrected chi connectivity index (χ0v) is 7.41. The van der Waals surface area contributed by atoms with Crippen molar-refractivity contribution >= 4 is 17.6 Å². The minimum absolute atomic E-state index is 0.0134. The van der Waals surface area contributed by atoms with Gasteiger partial charge in [0.1, 0.15) is 0 Å². The molecule has 72 valence electrons. The summed E-state index contributed by atoms with van der Waals surface area (Å²) in [4.78, 5) is 21.7. The van der Waals surface area contributed by atoms with Crippen molar-refractivity contribution < 1.29 is 14.7 Å². The normalized spacial score (nSPS) is 14.4. The first kappa shape index (κ1) is 8.74. The van der Waals surface area contributed by atoms with E-state index in [4.69, 9.17) is 5.11 Å². The molecule has 1 aromatic rings. The third-order valence-electron chi connectivity index (χ3n) is 2.25. The number of nitrogens with one attached hydrogen (secondary N) is 1. The Labute approximate surface area is 80.6 Å². The molecule has 1 aromatic carbocycles. The van der Waals surface area contributed by atoms with Crippen LogP contribution in [0.4, 0.5) is 5.69 Å². The van der Waals surface area contributed by atoms with Gasteiger partial charge < -0.3 is 10.4 Å². The molecular weight excluding hydrogens is 182 g/mol. The fourth-order valence-electron chi connectivity index (χ4n) is 1.52. The van der Waals surface area contributed by atoms with E-state index in [0.29, 0.717) is 12.8 Å². The van der Waals surface area contributed by atoms with Crippen LogP contribution in [-0.4, -0.2) is 17.0 Å². The summed E-state index contributed by atoms with van der Waals surface area (Å²) in [5.41, 5.74) is 1.88. The van der Waals surface area contributed by atoms with E-state index in [9.17, 15) is 9.59 Å². The van der Waals surface area contributed by atoms with Crippen molar-refractivity contribution in [3.63, 3.8) is 0 Å². The van der Waals surface area contributed by atoms with Gasteiger partial charge in [0, 0.05) is 12.1 Å². The van der Waals surface area contributed by atoms with Gasteiger partial charge in [0.05, 0.1) is 5.56 Å². The molecule has 14 heavy (non-hydrogen) atoms. The Hall–Kier alpha value is -1.84. The largest absolute Gasteiger partial charge is 0.478 e. The molecule has 0 saturated heterocycles. The lowest BCUT2D eigenvalue weighted by Gasteiger charge is -2.16. The van der Waals surface area contributed by atoms with E-state index in [2.05, 4.69) is 5.32 Å². The van der Waals surface area contributed by atoms with Crippen molar-refractivity contribution in [2.24, 2.45) is 0 Å². The first-order valence-electron chi connectivity index (χ1n) is 4.33. The molecule has 0 fully saturated rings. The summed E-state index contributed by atoms with van der Waals surface area (Å²) in [6.07, 6.45) is 1.04. The molecule has 0 bridgehead atoms. The van der Waals surface area contributed by atoms with Crippen molar-refractivity contribution in [1.82, 2.24) is 0 Å². The molecule has 0 atom stereocenters. The van der Waals surface area contributed by atoms with Crippen LogP contribution in [0.2, 0.25) is 0 Å². The van der Waals surface area contributed by atoms with Gasteiger partial charge >= 0.3 is 5.97 Å². The van der Waals surface area contributed by atoms with Crippen molar-refractivity contribution in [1.29, 1.82) is 0 Å². The molecule has 0 unspecified atom stereocenters. The number of amides is 1. The van der Waals surface area contributed by atoms with Gasteiger partial charge in [-0.25, -0.2) is 4.79 Å². The molecule has 4 heteroatoms. The molecule has 0 spiro atoms. The Kier molecular flexibility index (Phi) is 1.96. The molecule has 4 nitrogen and oxygen atoms in total. The number of hydrogen-bond acceptors (Lipinski definition) is 2. The van der Waals surface area contributed by atoms with Crippen LogP contribution in [0.25, 0.3) is 0 Å². The fraction of sp³-hybridized carbons (Fsp3) is 0.200. The predicted octanol–water partition coefficient (Wildman–Crippen LogP) is 1.27. The molecular formula is C10H9NO3. The summed E-state index contributed by atoms with van der Waals surface area (Å²) in [6, 6.07) is 4.74. The van der Waals surface area contributed by atoms with E-state index in [0.717, 1.165) is 11.3 Å². The zero-order chi connectivity index (χ0) is 10.1. The van der Waals surface area contributed by atoms with Crippen LogP contribution in [0.1, 0.15) is 22.3 Å². The Morgan fingerprint density at radius 3 is 2.86 bits per heavy atom. The molecule has 0 aromatic heterocycles. The van der Waals surface area contributed by atoms with Crippen LogP contribution in [0, 0.1) is 0 Å². The molecule has 1 aliphatic heterocycles. The number of rotatable bonds is 1. The fourth-order valence-corrected chi connectivity index (χ4v) is 1.52. The number of aryl methyl sites for hydroxylation is 1. The van der Waals surface area contributed by atoms with Gasteiger partial charge in [-0.1, -0.05) is 0 Å². The number of carboxylic acids is 1. The maximum Gasteiger partial charge on any atom is 0.335 e. The number of fused-ring (bicyclic) bond motifs is 1. The second-order valence-electron chi connectivity index (χ2n) is 3.23. The highest BCUT2D eigenvalue weighted by Gasteiger charge is 2.15. The highest BCUT2D eigenvalue weighted by molar-refractivity contribution is 5.95. The van der Waals surface area contributed by atoms with Crippen molar-refractivity contribution in [2.75, 3.05) is 5.32 Å². The summed E-state index contributed by atoms with van der Waals surface area (Å²) in [7, 11) is 0. The summed E-state index contributed by atoms with van der Waals surface area (Å²) in [5, 5.41) is 11.4. The maximum absolute atomic E-state index is 11.0. The van der Waals surface area contributed by atoms with Gasteiger partial charge in [0.25, 0.3) is 0 Å². The van der Waals surface area contributed by atoms with Crippen LogP contribution in [0.3, 0.4) is 0 Å². The third kappa shape index (κ3) is 1.46. The molecule has 2 rings (SSSR count). The minimum atomic E-state index is -0.940. The average Bonchev–Trinajstić information content (AvgIpc) is 2.16. The SMILES string of the molecule is O=C1CCc2cc(C(=O)O)ccc2N1. The summed E-state index contributed by atoms with van der Waals surface area (Å²) >= 11 is 0. The Bertz CT molecular complexity index is 412. The van der Waals surface area contributed by atoms with Gasteiger partial charge in [-0.2, -0.15) is 0 Å². The molecule has 0 saturated carbocycles. The predicted molar refractivity (Wildman–Crippen MR) is 50.4 cm³/mol. The van der Waals surface area contributed by atoms with Crippen LogP contribution in [-0.2, 0) is 11.2 Å². The van der Waals surface area contributed by atoms with Crippen LogP contribution in [0.5, 0.6) is 0 Å². The molecule has 0 radical (unpaired) electrons. The Balaban J connectivity index is 2.41. The quantitative estimate of drug-likeness (QED) is 0.702. The molecule has 1 heterocycles. The zero-order valence-electron chi connectivity index (χ0n) is 7.41. The first-order valence-corrected chi connectivity index (χ1v) is 4.33. The first-order chi connectivity index (χ1) is 6.66. The number of carbonyl (C=O) groups is 2. The monoisotopic (exact) mass is 191 g/mol.